The van der Waals surface area contributed by atoms with Crippen LogP contribution in [0.3, 0.4) is 0 Å². The van der Waals surface area contributed by atoms with Gasteiger partial charge in [0.25, 0.3) is 0 Å². The molecule has 18 heavy (non-hydrogen) atoms. The van der Waals surface area contributed by atoms with Gasteiger partial charge in [-0.3, -0.25) is 4.79 Å². The molecule has 0 aromatic heterocycles. The van der Waals surface area contributed by atoms with Crippen LogP contribution in [-0.2, 0) is 10.2 Å². The number of carboxylic acids is 1. The molecule has 1 aromatic carbocycles. The van der Waals surface area contributed by atoms with Crippen LogP contribution in [0.15, 0.2) is 30.3 Å². The van der Waals surface area contributed by atoms with Gasteiger partial charge in [-0.1, -0.05) is 30.3 Å². The van der Waals surface area contributed by atoms with Crippen LogP contribution in [-0.4, -0.2) is 42.3 Å². The molecule has 0 radical (unpaired) electrons. The van der Waals surface area contributed by atoms with Gasteiger partial charge in [-0.15, -0.1) is 0 Å². The van der Waals surface area contributed by atoms with E-state index >= 15 is 0 Å². The summed E-state index contributed by atoms with van der Waals surface area (Å²) in [4.78, 5) is 13.6. The van der Waals surface area contributed by atoms with Gasteiger partial charge in [-0.05, 0) is 31.5 Å². The monoisotopic (exact) mass is 251 g/mol. The van der Waals surface area contributed by atoms with E-state index in [1.165, 1.54) is 0 Å². The van der Waals surface area contributed by atoms with Crippen LogP contribution in [0.4, 0.5) is 4.39 Å². The SMILES string of the molecule is O=C(O)C1(c2ccccc2)CCN(CCF)CC1. The average molecular weight is 251 g/mol. The minimum Gasteiger partial charge on any atom is -0.481 e. The maximum absolute atomic E-state index is 12.3. The lowest BCUT2D eigenvalue weighted by Crippen LogP contribution is -2.47. The molecule has 0 amide bonds. The quantitative estimate of drug-likeness (QED) is 0.890. The van der Waals surface area contributed by atoms with Crippen molar-refractivity contribution in [2.45, 2.75) is 18.3 Å². The van der Waals surface area contributed by atoms with E-state index in [0.29, 0.717) is 32.5 Å². The zero-order chi connectivity index (χ0) is 13.0. The zero-order valence-corrected chi connectivity index (χ0v) is 10.3. The third kappa shape index (κ3) is 2.38. The summed E-state index contributed by atoms with van der Waals surface area (Å²) >= 11 is 0. The summed E-state index contributed by atoms with van der Waals surface area (Å²) in [5, 5.41) is 9.57. The highest BCUT2D eigenvalue weighted by Gasteiger charge is 2.42. The van der Waals surface area contributed by atoms with Crippen molar-refractivity contribution in [2.75, 3.05) is 26.3 Å². The molecule has 0 spiro atoms. The minimum absolute atomic E-state index is 0.370. The van der Waals surface area contributed by atoms with Crippen molar-refractivity contribution in [3.63, 3.8) is 0 Å². The first-order chi connectivity index (χ1) is 8.69. The number of halogens is 1. The topological polar surface area (TPSA) is 40.5 Å². The number of carboxylic acid groups (broad SMARTS) is 1. The molecule has 98 valence electrons. The molecule has 1 fully saturated rings. The Labute approximate surface area is 106 Å². The van der Waals surface area contributed by atoms with E-state index in [0.717, 1.165) is 5.56 Å². The number of likely N-dealkylation sites (tertiary alicyclic amines) is 1. The molecule has 0 aliphatic carbocycles. The van der Waals surface area contributed by atoms with Gasteiger partial charge < -0.3 is 10.0 Å². The second-order valence-electron chi connectivity index (χ2n) is 4.78. The fourth-order valence-corrected chi connectivity index (χ4v) is 2.66. The Balaban J connectivity index is 2.19. The highest BCUT2D eigenvalue weighted by molar-refractivity contribution is 5.81. The Morgan fingerprint density at radius 3 is 2.39 bits per heavy atom. The highest BCUT2D eigenvalue weighted by atomic mass is 19.1. The van der Waals surface area contributed by atoms with Gasteiger partial charge in [0.1, 0.15) is 6.67 Å². The predicted molar refractivity (Wildman–Crippen MR) is 67.4 cm³/mol. The summed E-state index contributed by atoms with van der Waals surface area (Å²) in [5.74, 6) is -0.770. The third-order valence-electron chi connectivity index (χ3n) is 3.85. The van der Waals surface area contributed by atoms with Crippen molar-refractivity contribution in [3.05, 3.63) is 35.9 Å². The Bertz CT molecular complexity index is 400. The van der Waals surface area contributed by atoms with E-state index in [1.54, 1.807) is 0 Å². The van der Waals surface area contributed by atoms with Crippen LogP contribution in [0.5, 0.6) is 0 Å². The molecule has 1 heterocycles. The minimum atomic E-state index is -0.798. The van der Waals surface area contributed by atoms with Gasteiger partial charge in [0, 0.05) is 6.54 Å². The van der Waals surface area contributed by atoms with Gasteiger partial charge in [0.05, 0.1) is 5.41 Å². The summed E-state index contributed by atoms with van der Waals surface area (Å²) in [6.45, 7) is 1.33. The lowest BCUT2D eigenvalue weighted by molar-refractivity contribution is -0.146. The number of hydrogen-bond donors (Lipinski definition) is 1. The van der Waals surface area contributed by atoms with Crippen LogP contribution in [0, 0.1) is 0 Å². The maximum atomic E-state index is 12.3. The summed E-state index contributed by atoms with van der Waals surface area (Å²) < 4.78 is 12.3. The van der Waals surface area contributed by atoms with Crippen LogP contribution in [0.1, 0.15) is 18.4 Å². The number of carbonyl (C=O) groups is 1. The molecule has 3 nitrogen and oxygen atoms in total. The largest absolute Gasteiger partial charge is 0.481 e. The second-order valence-corrected chi connectivity index (χ2v) is 4.78. The van der Waals surface area contributed by atoms with Gasteiger partial charge in [-0.25, -0.2) is 4.39 Å². The van der Waals surface area contributed by atoms with Gasteiger partial charge in [0.2, 0.25) is 0 Å². The molecule has 4 heteroatoms. The number of hydrogen-bond acceptors (Lipinski definition) is 2. The zero-order valence-electron chi connectivity index (χ0n) is 10.3. The van der Waals surface area contributed by atoms with Crippen molar-refractivity contribution < 1.29 is 14.3 Å². The lowest BCUT2D eigenvalue weighted by atomic mass is 9.73. The van der Waals surface area contributed by atoms with Gasteiger partial charge in [-0.2, -0.15) is 0 Å². The Hall–Kier alpha value is -1.42. The van der Waals surface area contributed by atoms with Crippen molar-refractivity contribution in [1.29, 1.82) is 0 Å². The summed E-state index contributed by atoms with van der Waals surface area (Å²) in [6, 6.07) is 9.37. The Morgan fingerprint density at radius 2 is 1.89 bits per heavy atom. The van der Waals surface area contributed by atoms with Gasteiger partial charge >= 0.3 is 5.97 Å². The fourth-order valence-electron chi connectivity index (χ4n) is 2.66. The van der Waals surface area contributed by atoms with E-state index in [1.807, 2.05) is 35.2 Å². The average Bonchev–Trinajstić information content (AvgIpc) is 2.41. The van der Waals surface area contributed by atoms with Crippen molar-refractivity contribution >= 4 is 5.97 Å². The standard InChI is InChI=1S/C14H18FNO2/c15-8-11-16-9-6-14(7-10-16,13(17)18)12-4-2-1-3-5-12/h1-5H,6-11H2,(H,17,18). The molecule has 1 aromatic rings. The normalized spacial score (nSPS) is 19.6. The van der Waals surface area contributed by atoms with E-state index in [4.69, 9.17) is 0 Å². The van der Waals surface area contributed by atoms with Crippen LogP contribution >= 0.6 is 0 Å². The van der Waals surface area contributed by atoms with Crippen molar-refractivity contribution in [3.8, 4) is 0 Å². The number of benzene rings is 1. The molecule has 1 aliphatic rings. The Kier molecular flexibility index (Phi) is 3.97. The first kappa shape index (κ1) is 13.0. The number of nitrogens with zero attached hydrogens (tertiary/aromatic N) is 1. The first-order valence-electron chi connectivity index (χ1n) is 6.26. The number of aliphatic carboxylic acids is 1. The number of rotatable bonds is 4. The predicted octanol–water partition coefficient (Wildman–Crippen LogP) is 2.07. The molecule has 2 rings (SSSR count). The molecular weight excluding hydrogens is 233 g/mol. The Morgan fingerprint density at radius 1 is 1.28 bits per heavy atom. The van der Waals surface area contributed by atoms with Crippen LogP contribution < -0.4 is 0 Å². The molecule has 1 aliphatic heterocycles. The number of piperidine rings is 1. The molecular formula is C14H18FNO2. The van der Waals surface area contributed by atoms with Gasteiger partial charge in [0.15, 0.2) is 0 Å². The van der Waals surface area contributed by atoms with Crippen LogP contribution in [0.2, 0.25) is 0 Å². The van der Waals surface area contributed by atoms with E-state index < -0.39 is 11.4 Å². The molecule has 0 saturated carbocycles. The smallest absolute Gasteiger partial charge is 0.314 e. The fraction of sp³-hybridized carbons (Fsp3) is 0.500. The maximum Gasteiger partial charge on any atom is 0.314 e. The second kappa shape index (κ2) is 5.48. The molecule has 0 unspecified atom stereocenters. The molecule has 0 atom stereocenters. The third-order valence-corrected chi connectivity index (χ3v) is 3.85. The van der Waals surface area contributed by atoms with Crippen LogP contribution in [0.25, 0.3) is 0 Å². The lowest BCUT2D eigenvalue weighted by Gasteiger charge is -2.38. The summed E-state index contributed by atoms with van der Waals surface area (Å²) in [5.41, 5.74) is 0.0612. The highest BCUT2D eigenvalue weighted by Crippen LogP contribution is 2.35. The van der Waals surface area contributed by atoms with E-state index in [9.17, 15) is 14.3 Å². The van der Waals surface area contributed by atoms with Crippen molar-refractivity contribution in [1.82, 2.24) is 4.90 Å². The molecule has 1 N–H and O–H groups in total. The summed E-state index contributed by atoms with van der Waals surface area (Å²) in [6.07, 6.45) is 1.10. The number of alkyl halides is 1. The van der Waals surface area contributed by atoms with Crippen molar-refractivity contribution in [2.24, 2.45) is 0 Å². The summed E-state index contributed by atoms with van der Waals surface area (Å²) in [7, 11) is 0. The van der Waals surface area contributed by atoms with E-state index in [-0.39, 0.29) is 6.67 Å². The molecule has 1 saturated heterocycles. The first-order valence-corrected chi connectivity index (χ1v) is 6.26. The van der Waals surface area contributed by atoms with E-state index in [2.05, 4.69) is 0 Å². The molecule has 0 bridgehead atoms.